The lowest BCUT2D eigenvalue weighted by atomic mass is 9.89. The average molecular weight is 747 g/mol. The number of hydrogen-bond acceptors (Lipinski definition) is 11. The van der Waals surface area contributed by atoms with Crippen LogP contribution in [0.2, 0.25) is 0 Å². The molecule has 5 aromatic rings. The summed E-state index contributed by atoms with van der Waals surface area (Å²) in [6.07, 6.45) is 11.9. The first-order valence-corrected chi connectivity index (χ1v) is 18.7. The number of ether oxygens (including phenoxy) is 1. The van der Waals surface area contributed by atoms with Crippen molar-refractivity contribution in [2.24, 2.45) is 5.92 Å². The molecule has 5 amide bonds. The van der Waals surface area contributed by atoms with Crippen molar-refractivity contribution in [1.82, 2.24) is 39.9 Å². The van der Waals surface area contributed by atoms with Crippen molar-refractivity contribution < 1.29 is 28.7 Å². The summed E-state index contributed by atoms with van der Waals surface area (Å²) in [7, 11) is 1.52. The predicted octanol–water partition coefficient (Wildman–Crippen LogP) is 3.66. The molecule has 3 fully saturated rings. The van der Waals surface area contributed by atoms with Gasteiger partial charge in [-0.25, -0.2) is 4.98 Å². The number of hydrogen-bond donors (Lipinski definition) is 3. The standard InChI is InChI=1S/C24H30N4O4.C15H12N6O2/c29-21-9-8-20(22(30)25-21)28-23(31)18-7-6-17(14-19(18)24(28)32)27-12-10-26(11-13-27)15-16-4-2-1-3-5-16;1-23-12-6-11-9(7-17-20-11)5-10(12)15(22)19-14-8-16-13-3-2-4-18-21(13)14/h6-7,14,16,20H,1-5,8-13,15H2,(H,25,29,30);2-8H,1H3,(H,17,20)(H,19,22). The Balaban J connectivity index is 0.000000164. The Kier molecular flexibility index (Phi) is 9.97. The zero-order valence-electron chi connectivity index (χ0n) is 30.5. The van der Waals surface area contributed by atoms with Crippen LogP contribution in [0.1, 0.15) is 76.0 Å². The van der Waals surface area contributed by atoms with Crippen LogP contribution in [-0.4, -0.2) is 110 Å². The molecule has 284 valence electrons. The number of anilines is 2. The minimum Gasteiger partial charge on any atom is -0.496 e. The maximum atomic E-state index is 13.1. The smallest absolute Gasteiger partial charge is 0.262 e. The van der Waals surface area contributed by atoms with E-state index in [9.17, 15) is 24.0 Å². The summed E-state index contributed by atoms with van der Waals surface area (Å²) in [5.74, 6) is -0.381. The van der Waals surface area contributed by atoms with Crippen molar-refractivity contribution >= 4 is 57.6 Å². The van der Waals surface area contributed by atoms with Gasteiger partial charge in [-0.2, -0.15) is 14.7 Å². The Morgan fingerprint density at radius 1 is 0.927 bits per heavy atom. The molecule has 6 heterocycles. The Bertz CT molecular complexity index is 2290. The largest absolute Gasteiger partial charge is 0.496 e. The molecule has 9 rings (SSSR count). The number of nitrogens with one attached hydrogen (secondary N) is 3. The monoisotopic (exact) mass is 746 g/mol. The first kappa shape index (κ1) is 35.8. The van der Waals surface area contributed by atoms with Gasteiger partial charge in [-0.05, 0) is 61.6 Å². The fraction of sp³-hybridized carbons (Fsp3) is 0.385. The Hall–Kier alpha value is -6.16. The van der Waals surface area contributed by atoms with Crippen LogP contribution in [0.3, 0.4) is 0 Å². The lowest BCUT2D eigenvalue weighted by Crippen LogP contribution is -2.54. The SMILES string of the molecule is COc1cc2[nH]ncc2cc1C(=O)Nc1cnc2cccnn12.O=C1CCC(N2C(=O)c3ccc(N4CCN(CC5CCCCC5)CC4)cc3C2=O)C(=O)N1. The van der Waals surface area contributed by atoms with Crippen molar-refractivity contribution in [1.29, 1.82) is 0 Å². The van der Waals surface area contributed by atoms with Crippen LogP contribution < -0.4 is 20.3 Å². The van der Waals surface area contributed by atoms with Crippen LogP contribution in [0, 0.1) is 5.92 Å². The predicted molar refractivity (Wildman–Crippen MR) is 202 cm³/mol. The maximum absolute atomic E-state index is 13.1. The number of imide groups is 2. The van der Waals surface area contributed by atoms with E-state index in [4.69, 9.17) is 4.74 Å². The van der Waals surface area contributed by atoms with Gasteiger partial charge in [0.25, 0.3) is 17.7 Å². The molecular weight excluding hydrogens is 704 g/mol. The highest BCUT2D eigenvalue weighted by atomic mass is 16.5. The number of carbonyl (C=O) groups excluding carboxylic acids is 5. The number of imidazole rings is 1. The summed E-state index contributed by atoms with van der Waals surface area (Å²) in [6, 6.07) is 11.5. The van der Waals surface area contributed by atoms with Gasteiger partial charge in [-0.15, -0.1) is 0 Å². The van der Waals surface area contributed by atoms with Crippen LogP contribution in [0.5, 0.6) is 5.75 Å². The van der Waals surface area contributed by atoms with Crippen molar-refractivity contribution in [2.45, 2.75) is 51.0 Å². The highest BCUT2D eigenvalue weighted by molar-refractivity contribution is 6.23. The van der Waals surface area contributed by atoms with E-state index in [1.165, 1.54) is 45.8 Å². The molecule has 3 aliphatic heterocycles. The van der Waals surface area contributed by atoms with Gasteiger partial charge in [-0.3, -0.25) is 44.2 Å². The molecule has 1 unspecified atom stereocenters. The highest BCUT2D eigenvalue weighted by Gasteiger charge is 2.44. The third-order valence-corrected chi connectivity index (χ3v) is 10.9. The van der Waals surface area contributed by atoms with E-state index < -0.39 is 23.8 Å². The van der Waals surface area contributed by atoms with E-state index in [1.807, 2.05) is 6.07 Å². The molecule has 0 spiro atoms. The molecule has 3 aromatic heterocycles. The quantitative estimate of drug-likeness (QED) is 0.206. The summed E-state index contributed by atoms with van der Waals surface area (Å²) >= 11 is 0. The van der Waals surface area contributed by atoms with Gasteiger partial charge in [0.2, 0.25) is 11.8 Å². The van der Waals surface area contributed by atoms with E-state index in [-0.39, 0.29) is 24.7 Å². The first-order chi connectivity index (χ1) is 26.8. The molecule has 1 aliphatic carbocycles. The molecule has 16 heteroatoms. The van der Waals surface area contributed by atoms with Gasteiger partial charge < -0.3 is 15.0 Å². The summed E-state index contributed by atoms with van der Waals surface area (Å²) < 4.78 is 6.86. The van der Waals surface area contributed by atoms with E-state index in [0.29, 0.717) is 33.9 Å². The lowest BCUT2D eigenvalue weighted by Gasteiger charge is -2.38. The van der Waals surface area contributed by atoms with Crippen LogP contribution in [0.25, 0.3) is 16.6 Å². The third-order valence-electron chi connectivity index (χ3n) is 10.9. The molecule has 0 bridgehead atoms. The van der Waals surface area contributed by atoms with Crippen LogP contribution >= 0.6 is 0 Å². The number of aromatic nitrogens is 5. The number of methoxy groups -OCH3 is 1. The summed E-state index contributed by atoms with van der Waals surface area (Å²) in [5.41, 5.74) is 3.48. The fourth-order valence-corrected chi connectivity index (χ4v) is 8.00. The van der Waals surface area contributed by atoms with Gasteiger partial charge >= 0.3 is 0 Å². The second-order valence-corrected chi connectivity index (χ2v) is 14.4. The number of fused-ring (bicyclic) bond motifs is 3. The summed E-state index contributed by atoms with van der Waals surface area (Å²) in [5, 5.41) is 16.8. The fourth-order valence-electron chi connectivity index (χ4n) is 8.00. The number of carbonyl (C=O) groups is 5. The van der Waals surface area contributed by atoms with Crippen molar-refractivity contribution in [3.05, 3.63) is 77.7 Å². The van der Waals surface area contributed by atoms with Crippen LogP contribution in [0.4, 0.5) is 11.5 Å². The minimum atomic E-state index is -0.924. The molecule has 2 aromatic carbocycles. The lowest BCUT2D eigenvalue weighted by molar-refractivity contribution is -0.136. The molecule has 3 N–H and O–H groups in total. The summed E-state index contributed by atoms with van der Waals surface area (Å²) in [4.78, 5) is 72.2. The number of piperidine rings is 1. The highest BCUT2D eigenvalue weighted by Crippen LogP contribution is 2.32. The van der Waals surface area contributed by atoms with Crippen LogP contribution in [-0.2, 0) is 9.59 Å². The molecule has 4 aliphatic rings. The van der Waals surface area contributed by atoms with E-state index in [2.05, 4.69) is 40.7 Å². The zero-order chi connectivity index (χ0) is 38.1. The van der Waals surface area contributed by atoms with Gasteiger partial charge in [0.15, 0.2) is 11.5 Å². The number of aromatic amines is 1. The second-order valence-electron chi connectivity index (χ2n) is 14.4. The van der Waals surface area contributed by atoms with E-state index >= 15 is 0 Å². The van der Waals surface area contributed by atoms with E-state index in [1.54, 1.807) is 59.5 Å². The first-order valence-electron chi connectivity index (χ1n) is 18.7. The maximum Gasteiger partial charge on any atom is 0.262 e. The van der Waals surface area contributed by atoms with Gasteiger partial charge in [-0.1, -0.05) is 19.3 Å². The Morgan fingerprint density at radius 3 is 2.51 bits per heavy atom. The molecule has 1 atom stereocenters. The average Bonchev–Trinajstić information content (AvgIpc) is 3.91. The molecule has 0 radical (unpaired) electrons. The topological polar surface area (TPSA) is 187 Å². The second kappa shape index (κ2) is 15.3. The number of piperazine rings is 1. The molecule has 2 saturated heterocycles. The Morgan fingerprint density at radius 2 is 1.73 bits per heavy atom. The Labute approximate surface area is 316 Å². The number of amides is 5. The molecule has 1 saturated carbocycles. The molecule has 55 heavy (non-hydrogen) atoms. The minimum absolute atomic E-state index is 0.125. The van der Waals surface area contributed by atoms with Crippen LogP contribution in [0.15, 0.2) is 61.1 Å². The van der Waals surface area contributed by atoms with E-state index in [0.717, 1.165) is 53.6 Å². The molecular formula is C39H42N10O6. The third kappa shape index (κ3) is 7.24. The van der Waals surface area contributed by atoms with Gasteiger partial charge in [0.1, 0.15) is 11.8 Å². The van der Waals surface area contributed by atoms with Crippen molar-refractivity contribution in [3.63, 3.8) is 0 Å². The molecule has 16 nitrogen and oxygen atoms in total. The summed E-state index contributed by atoms with van der Waals surface area (Å²) in [6.45, 7) is 4.98. The van der Waals surface area contributed by atoms with Crippen molar-refractivity contribution in [2.75, 3.05) is 50.1 Å². The van der Waals surface area contributed by atoms with Gasteiger partial charge in [0, 0.05) is 62.5 Å². The van der Waals surface area contributed by atoms with Crippen molar-refractivity contribution in [3.8, 4) is 5.75 Å². The zero-order valence-corrected chi connectivity index (χ0v) is 30.5. The number of benzene rings is 2. The van der Waals surface area contributed by atoms with Gasteiger partial charge in [0.05, 0.1) is 41.7 Å². The number of nitrogens with zero attached hydrogens (tertiary/aromatic N) is 7. The number of rotatable bonds is 7. The normalized spacial score (nSPS) is 19.3. The number of H-pyrrole nitrogens is 1.